The molecule has 0 unspecified atom stereocenters. The van der Waals surface area contributed by atoms with Crippen molar-refractivity contribution >= 4 is 28.4 Å². The van der Waals surface area contributed by atoms with Gasteiger partial charge in [0.15, 0.2) is 0 Å². The highest BCUT2D eigenvalue weighted by Crippen LogP contribution is 2.51. The number of carbonyl (C=O) groups excluding carboxylic acids is 1. The summed E-state index contributed by atoms with van der Waals surface area (Å²) in [7, 11) is 0. The lowest BCUT2D eigenvalue weighted by molar-refractivity contribution is -0.118. The minimum Gasteiger partial charge on any atom is -0.299 e. The van der Waals surface area contributed by atoms with Crippen LogP contribution in [-0.2, 0) is 4.79 Å². The molecule has 0 N–H and O–H groups in total. The van der Waals surface area contributed by atoms with E-state index in [1.807, 2.05) is 0 Å². The lowest BCUT2D eigenvalue weighted by Gasteiger charge is -2.13. The summed E-state index contributed by atoms with van der Waals surface area (Å²) in [5.41, 5.74) is 2.75. The average molecular weight is 284 g/mol. The van der Waals surface area contributed by atoms with Crippen molar-refractivity contribution < 1.29 is 4.79 Å². The maximum atomic E-state index is 11.5. The van der Waals surface area contributed by atoms with E-state index in [4.69, 9.17) is 0 Å². The molecule has 1 nitrogen and oxygen atoms in total. The molecule has 3 rings (SSSR count). The van der Waals surface area contributed by atoms with E-state index in [1.165, 1.54) is 14.7 Å². The monoisotopic (exact) mass is 284 g/mol. The van der Waals surface area contributed by atoms with Crippen LogP contribution in [0.15, 0.2) is 18.2 Å². The molecule has 2 aliphatic carbocycles. The van der Waals surface area contributed by atoms with Crippen molar-refractivity contribution in [2.45, 2.75) is 24.7 Å². The molecule has 2 atom stereocenters. The van der Waals surface area contributed by atoms with Crippen LogP contribution >= 0.6 is 22.6 Å². The molecule has 0 spiro atoms. The van der Waals surface area contributed by atoms with E-state index < -0.39 is 0 Å². The molecule has 0 aliphatic heterocycles. The van der Waals surface area contributed by atoms with Crippen molar-refractivity contribution in [1.82, 2.24) is 0 Å². The average Bonchev–Trinajstić information content (AvgIpc) is 2.60. The Hall–Kier alpha value is -0.380. The molecule has 1 saturated carbocycles. The van der Waals surface area contributed by atoms with Crippen LogP contribution in [0, 0.1) is 3.57 Å². The lowest BCUT2D eigenvalue weighted by Crippen LogP contribution is -2.09. The number of hydrogen-bond donors (Lipinski definition) is 0. The van der Waals surface area contributed by atoms with Crippen molar-refractivity contribution in [2.24, 2.45) is 0 Å². The minimum atomic E-state index is 0.245. The van der Waals surface area contributed by atoms with E-state index in [-0.39, 0.29) is 5.92 Å². The third kappa shape index (κ3) is 1.01. The Morgan fingerprint density at radius 2 is 2.15 bits per heavy atom. The highest BCUT2D eigenvalue weighted by molar-refractivity contribution is 14.1. The Labute approximate surface area is 90.7 Å². The van der Waals surface area contributed by atoms with Crippen LogP contribution < -0.4 is 0 Å². The number of ketones is 1. The minimum absolute atomic E-state index is 0.245. The summed E-state index contributed by atoms with van der Waals surface area (Å²) in [4.78, 5) is 11.5. The van der Waals surface area contributed by atoms with E-state index in [9.17, 15) is 4.79 Å². The van der Waals surface area contributed by atoms with Gasteiger partial charge in [0.1, 0.15) is 5.78 Å². The van der Waals surface area contributed by atoms with E-state index >= 15 is 0 Å². The molecule has 0 aromatic heterocycles. The predicted octanol–water partition coefficient (Wildman–Crippen LogP) is 2.83. The van der Waals surface area contributed by atoms with Gasteiger partial charge in [-0.25, -0.2) is 0 Å². The zero-order valence-corrected chi connectivity index (χ0v) is 9.24. The SMILES string of the molecule is O=C1C[C@@H]2C[C@H]1c1cc(I)ccc12. The zero-order chi connectivity index (χ0) is 9.00. The summed E-state index contributed by atoms with van der Waals surface area (Å²) >= 11 is 2.31. The smallest absolute Gasteiger partial charge is 0.140 e. The van der Waals surface area contributed by atoms with Gasteiger partial charge in [-0.15, -0.1) is 0 Å². The molecule has 2 bridgehead atoms. The summed E-state index contributed by atoms with van der Waals surface area (Å²) in [5.74, 6) is 1.25. The fourth-order valence-electron chi connectivity index (χ4n) is 2.64. The number of Topliss-reactive ketones (excluding diaryl/α,β-unsaturated/α-hetero) is 1. The highest BCUT2D eigenvalue weighted by Gasteiger charge is 2.42. The lowest BCUT2D eigenvalue weighted by atomic mass is 9.91. The number of rotatable bonds is 0. The van der Waals surface area contributed by atoms with Crippen molar-refractivity contribution in [3.63, 3.8) is 0 Å². The summed E-state index contributed by atoms with van der Waals surface area (Å²) in [6.45, 7) is 0. The van der Waals surface area contributed by atoms with Gasteiger partial charge in [-0.1, -0.05) is 6.07 Å². The van der Waals surface area contributed by atoms with Crippen LogP contribution in [0.3, 0.4) is 0 Å². The van der Waals surface area contributed by atoms with E-state index in [0.717, 1.165) is 12.8 Å². The fourth-order valence-corrected chi connectivity index (χ4v) is 3.16. The molecule has 1 aromatic rings. The molecule has 13 heavy (non-hydrogen) atoms. The Morgan fingerprint density at radius 1 is 1.31 bits per heavy atom. The Kier molecular flexibility index (Phi) is 1.57. The van der Waals surface area contributed by atoms with E-state index in [1.54, 1.807) is 0 Å². The molecule has 0 radical (unpaired) electrons. The third-order valence-electron chi connectivity index (χ3n) is 3.22. The standard InChI is InChI=1S/C11H9IO/c12-7-1-2-8-6-3-10(9(8)5-7)11(13)4-6/h1-2,5-6,10H,3-4H2/t6-,10-/m0/s1. The Morgan fingerprint density at radius 3 is 3.00 bits per heavy atom. The Bertz CT molecular complexity index is 397. The van der Waals surface area contributed by atoms with Crippen molar-refractivity contribution in [2.75, 3.05) is 0 Å². The van der Waals surface area contributed by atoms with Gasteiger partial charge in [0.25, 0.3) is 0 Å². The summed E-state index contributed by atoms with van der Waals surface area (Å²) in [5, 5.41) is 0. The molecule has 0 heterocycles. The van der Waals surface area contributed by atoms with Gasteiger partial charge in [-0.3, -0.25) is 4.79 Å². The predicted molar refractivity (Wildman–Crippen MR) is 58.9 cm³/mol. The second kappa shape index (κ2) is 2.56. The van der Waals surface area contributed by atoms with Crippen LogP contribution in [0.5, 0.6) is 0 Å². The molecule has 66 valence electrons. The second-order valence-corrected chi connectivity index (χ2v) is 5.17. The molecule has 1 fully saturated rings. The highest BCUT2D eigenvalue weighted by atomic mass is 127. The van der Waals surface area contributed by atoms with Crippen molar-refractivity contribution in [1.29, 1.82) is 0 Å². The van der Waals surface area contributed by atoms with E-state index in [2.05, 4.69) is 40.8 Å². The van der Waals surface area contributed by atoms with Gasteiger partial charge in [-0.05, 0) is 58.2 Å². The first kappa shape index (κ1) is 7.97. The van der Waals surface area contributed by atoms with Crippen molar-refractivity contribution in [3.8, 4) is 0 Å². The number of hydrogen-bond acceptors (Lipinski definition) is 1. The number of carbonyl (C=O) groups is 1. The van der Waals surface area contributed by atoms with Gasteiger partial charge in [-0.2, -0.15) is 0 Å². The topological polar surface area (TPSA) is 17.1 Å². The fraction of sp³-hybridized carbons (Fsp3) is 0.364. The quantitative estimate of drug-likeness (QED) is 0.669. The largest absolute Gasteiger partial charge is 0.299 e. The second-order valence-electron chi connectivity index (χ2n) is 3.93. The molecular weight excluding hydrogens is 275 g/mol. The summed E-state index contributed by atoms with van der Waals surface area (Å²) < 4.78 is 1.25. The molecule has 0 amide bonds. The number of fused-ring (bicyclic) bond motifs is 5. The van der Waals surface area contributed by atoms with Gasteiger partial charge in [0, 0.05) is 15.9 Å². The van der Waals surface area contributed by atoms with E-state index in [0.29, 0.717) is 11.7 Å². The van der Waals surface area contributed by atoms with Gasteiger partial charge in [0.05, 0.1) is 0 Å². The van der Waals surface area contributed by atoms with Crippen LogP contribution in [0.2, 0.25) is 0 Å². The number of benzene rings is 1. The molecule has 2 aliphatic rings. The number of halogens is 1. The maximum Gasteiger partial charge on any atom is 0.140 e. The van der Waals surface area contributed by atoms with Crippen LogP contribution in [0.25, 0.3) is 0 Å². The summed E-state index contributed by atoms with van der Waals surface area (Å²) in [6, 6.07) is 6.52. The molecule has 0 saturated heterocycles. The molecule has 1 aromatic carbocycles. The third-order valence-corrected chi connectivity index (χ3v) is 3.89. The van der Waals surface area contributed by atoms with Crippen LogP contribution in [0.4, 0.5) is 0 Å². The maximum absolute atomic E-state index is 11.5. The Balaban J connectivity index is 2.21. The summed E-state index contributed by atoms with van der Waals surface area (Å²) in [6.07, 6.45) is 1.87. The van der Waals surface area contributed by atoms with Crippen LogP contribution in [0.1, 0.15) is 35.8 Å². The zero-order valence-electron chi connectivity index (χ0n) is 7.09. The first-order valence-corrected chi connectivity index (χ1v) is 5.65. The van der Waals surface area contributed by atoms with Gasteiger partial charge >= 0.3 is 0 Å². The molecular formula is C11H9IO. The molecule has 2 heteroatoms. The van der Waals surface area contributed by atoms with Crippen molar-refractivity contribution in [3.05, 3.63) is 32.9 Å². The van der Waals surface area contributed by atoms with Gasteiger partial charge in [0.2, 0.25) is 0 Å². The first-order chi connectivity index (χ1) is 6.25. The van der Waals surface area contributed by atoms with Gasteiger partial charge < -0.3 is 0 Å². The first-order valence-electron chi connectivity index (χ1n) is 4.58. The van der Waals surface area contributed by atoms with Crippen LogP contribution in [-0.4, -0.2) is 5.78 Å². The normalized spacial score (nSPS) is 29.5.